The molecule has 2 N–H and O–H groups in total. The van der Waals surface area contributed by atoms with Crippen LogP contribution < -0.4 is 10.0 Å². The molecule has 8 nitrogen and oxygen atoms in total. The number of nitrogens with one attached hydrogen (secondary N) is 2. The van der Waals surface area contributed by atoms with Gasteiger partial charge in [0.2, 0.25) is 15.9 Å². The summed E-state index contributed by atoms with van der Waals surface area (Å²) in [5.41, 5.74) is 0.837. The number of esters is 1. The standard InChI is InChI=1S/C22H20N2O6S/c1-15(25)24-19-8-10-20(11-9-19)31(28,29)23-13-22(27)30-14-21(26)18-7-6-16-4-2-3-5-17(16)12-18/h2-12,23H,13-14H2,1H3,(H,24,25). The van der Waals surface area contributed by atoms with E-state index in [4.69, 9.17) is 4.74 Å². The summed E-state index contributed by atoms with van der Waals surface area (Å²) in [5, 5.41) is 4.39. The molecule has 0 heterocycles. The third kappa shape index (κ3) is 5.97. The monoisotopic (exact) mass is 440 g/mol. The summed E-state index contributed by atoms with van der Waals surface area (Å²) in [4.78, 5) is 35.1. The van der Waals surface area contributed by atoms with E-state index in [0.717, 1.165) is 10.8 Å². The van der Waals surface area contributed by atoms with Crippen molar-refractivity contribution in [3.63, 3.8) is 0 Å². The molecule has 31 heavy (non-hydrogen) atoms. The number of sulfonamides is 1. The molecule has 0 fully saturated rings. The van der Waals surface area contributed by atoms with Crippen molar-refractivity contribution >= 4 is 44.1 Å². The first kappa shape index (κ1) is 22.1. The van der Waals surface area contributed by atoms with Crippen molar-refractivity contribution in [1.82, 2.24) is 4.72 Å². The van der Waals surface area contributed by atoms with Crippen molar-refractivity contribution in [2.75, 3.05) is 18.5 Å². The maximum Gasteiger partial charge on any atom is 0.321 e. The Bertz CT molecular complexity index is 1240. The van der Waals surface area contributed by atoms with Crippen molar-refractivity contribution in [3.8, 4) is 0 Å². The summed E-state index contributed by atoms with van der Waals surface area (Å²) in [6, 6.07) is 18.1. The van der Waals surface area contributed by atoms with E-state index >= 15 is 0 Å². The van der Waals surface area contributed by atoms with Gasteiger partial charge in [-0.25, -0.2) is 8.42 Å². The lowest BCUT2D eigenvalue weighted by Crippen LogP contribution is -2.31. The average molecular weight is 440 g/mol. The molecule has 1 amide bonds. The Labute approximate surface area is 179 Å². The molecule has 0 radical (unpaired) electrons. The maximum atomic E-state index is 12.3. The van der Waals surface area contributed by atoms with Crippen molar-refractivity contribution in [1.29, 1.82) is 0 Å². The second kappa shape index (κ2) is 9.50. The van der Waals surface area contributed by atoms with E-state index in [1.165, 1.54) is 31.2 Å². The zero-order chi connectivity index (χ0) is 22.4. The SMILES string of the molecule is CC(=O)Nc1ccc(S(=O)(=O)NCC(=O)OCC(=O)c2ccc3ccccc3c2)cc1. The van der Waals surface area contributed by atoms with Crippen LogP contribution in [0.15, 0.2) is 71.6 Å². The first-order chi connectivity index (χ1) is 14.7. The van der Waals surface area contributed by atoms with Gasteiger partial charge in [-0.3, -0.25) is 14.4 Å². The molecule has 0 aliphatic heterocycles. The van der Waals surface area contributed by atoms with Crippen LogP contribution in [0.4, 0.5) is 5.69 Å². The lowest BCUT2D eigenvalue weighted by molar-refractivity contribution is -0.141. The van der Waals surface area contributed by atoms with Gasteiger partial charge < -0.3 is 10.1 Å². The second-order valence-corrected chi connectivity index (χ2v) is 8.44. The molecule has 3 aromatic carbocycles. The Kier molecular flexibility index (Phi) is 6.78. The number of rotatable bonds is 8. The number of carbonyl (C=O) groups is 3. The first-order valence-electron chi connectivity index (χ1n) is 9.29. The number of amides is 1. The van der Waals surface area contributed by atoms with Crippen LogP contribution in [0.3, 0.4) is 0 Å². The van der Waals surface area contributed by atoms with E-state index in [2.05, 4.69) is 10.0 Å². The summed E-state index contributed by atoms with van der Waals surface area (Å²) < 4.78 is 31.6. The fourth-order valence-corrected chi connectivity index (χ4v) is 3.77. The number of ether oxygens (including phenoxy) is 1. The number of benzene rings is 3. The molecule has 0 aromatic heterocycles. The quantitative estimate of drug-likeness (QED) is 0.410. The van der Waals surface area contributed by atoms with Crippen molar-refractivity contribution < 1.29 is 27.5 Å². The van der Waals surface area contributed by atoms with Gasteiger partial charge in [0.1, 0.15) is 6.54 Å². The molecule has 0 aliphatic rings. The highest BCUT2D eigenvalue weighted by atomic mass is 32.2. The van der Waals surface area contributed by atoms with E-state index in [1.54, 1.807) is 18.2 Å². The number of fused-ring (bicyclic) bond motifs is 1. The summed E-state index contributed by atoms with van der Waals surface area (Å²) >= 11 is 0. The normalized spacial score (nSPS) is 11.1. The van der Waals surface area contributed by atoms with E-state index in [1.807, 2.05) is 24.3 Å². The summed E-state index contributed by atoms with van der Waals surface area (Å²) in [7, 11) is -3.96. The fourth-order valence-electron chi connectivity index (χ4n) is 2.80. The lowest BCUT2D eigenvalue weighted by atomic mass is 10.0. The molecule has 9 heteroatoms. The molecule has 0 bridgehead atoms. The predicted molar refractivity (Wildman–Crippen MR) is 115 cm³/mol. The Balaban J connectivity index is 1.52. The number of hydrogen-bond donors (Lipinski definition) is 2. The molecule has 0 saturated heterocycles. The molecule has 3 aromatic rings. The molecule has 0 saturated carbocycles. The third-order valence-corrected chi connectivity index (χ3v) is 5.74. The van der Waals surface area contributed by atoms with E-state index in [9.17, 15) is 22.8 Å². The number of hydrogen-bond acceptors (Lipinski definition) is 6. The molecular weight excluding hydrogens is 420 g/mol. The van der Waals surface area contributed by atoms with Crippen LogP contribution in [-0.4, -0.2) is 39.2 Å². The Morgan fingerprint density at radius 1 is 0.903 bits per heavy atom. The molecule has 3 rings (SSSR count). The van der Waals surface area contributed by atoms with Crippen LogP contribution >= 0.6 is 0 Å². The van der Waals surface area contributed by atoms with Crippen molar-refractivity contribution in [3.05, 3.63) is 72.3 Å². The van der Waals surface area contributed by atoms with Gasteiger partial charge in [-0.05, 0) is 41.1 Å². The van der Waals surface area contributed by atoms with E-state index in [0.29, 0.717) is 11.3 Å². The average Bonchev–Trinajstić information content (AvgIpc) is 2.75. The summed E-state index contributed by atoms with van der Waals surface area (Å²) in [6.07, 6.45) is 0. The van der Waals surface area contributed by atoms with Crippen LogP contribution in [-0.2, 0) is 24.3 Å². The molecule has 0 atom stereocenters. The summed E-state index contributed by atoms with van der Waals surface area (Å²) in [5.74, 6) is -1.56. The molecule has 160 valence electrons. The maximum absolute atomic E-state index is 12.3. The minimum atomic E-state index is -3.96. The van der Waals surface area contributed by atoms with Crippen LogP contribution in [0.2, 0.25) is 0 Å². The van der Waals surface area contributed by atoms with Crippen LogP contribution in [0.5, 0.6) is 0 Å². The van der Waals surface area contributed by atoms with Gasteiger partial charge in [0.05, 0.1) is 4.90 Å². The number of ketones is 1. The van der Waals surface area contributed by atoms with Gasteiger partial charge in [0.25, 0.3) is 0 Å². The van der Waals surface area contributed by atoms with E-state index in [-0.39, 0.29) is 10.8 Å². The van der Waals surface area contributed by atoms with E-state index < -0.39 is 34.9 Å². The number of anilines is 1. The van der Waals surface area contributed by atoms with Crippen molar-refractivity contribution in [2.24, 2.45) is 0 Å². The number of Topliss-reactive ketones (excluding diaryl/α,β-unsaturated/α-hetero) is 1. The highest BCUT2D eigenvalue weighted by molar-refractivity contribution is 7.89. The van der Waals surface area contributed by atoms with Gasteiger partial charge in [-0.2, -0.15) is 4.72 Å². The highest BCUT2D eigenvalue weighted by Gasteiger charge is 2.17. The van der Waals surface area contributed by atoms with Gasteiger partial charge in [-0.15, -0.1) is 0 Å². The summed E-state index contributed by atoms with van der Waals surface area (Å²) in [6.45, 7) is 0.216. The van der Waals surface area contributed by atoms with Crippen LogP contribution in [0, 0.1) is 0 Å². The second-order valence-electron chi connectivity index (χ2n) is 6.68. The number of carbonyl (C=O) groups excluding carboxylic acids is 3. The molecule has 0 aliphatic carbocycles. The Morgan fingerprint density at radius 3 is 2.26 bits per heavy atom. The van der Waals surface area contributed by atoms with Gasteiger partial charge in [-0.1, -0.05) is 36.4 Å². The smallest absolute Gasteiger partial charge is 0.321 e. The third-order valence-electron chi connectivity index (χ3n) is 4.33. The predicted octanol–water partition coefficient (Wildman–Crippen LogP) is 2.50. The highest BCUT2D eigenvalue weighted by Crippen LogP contribution is 2.16. The van der Waals surface area contributed by atoms with Gasteiger partial charge >= 0.3 is 5.97 Å². The Morgan fingerprint density at radius 2 is 1.58 bits per heavy atom. The topological polar surface area (TPSA) is 119 Å². The van der Waals surface area contributed by atoms with Crippen LogP contribution in [0.1, 0.15) is 17.3 Å². The largest absolute Gasteiger partial charge is 0.456 e. The molecular formula is C22H20N2O6S. The van der Waals surface area contributed by atoms with Crippen LogP contribution in [0.25, 0.3) is 10.8 Å². The molecule has 0 spiro atoms. The fraction of sp³-hybridized carbons (Fsp3) is 0.136. The first-order valence-corrected chi connectivity index (χ1v) is 10.8. The minimum Gasteiger partial charge on any atom is -0.456 e. The van der Waals surface area contributed by atoms with Gasteiger partial charge in [0.15, 0.2) is 12.4 Å². The van der Waals surface area contributed by atoms with Gasteiger partial charge in [0, 0.05) is 18.2 Å². The molecule has 0 unspecified atom stereocenters. The lowest BCUT2D eigenvalue weighted by Gasteiger charge is -2.08. The zero-order valence-electron chi connectivity index (χ0n) is 16.6. The Hall–Kier alpha value is -3.56. The zero-order valence-corrected chi connectivity index (χ0v) is 17.4. The minimum absolute atomic E-state index is 0.0818. The van der Waals surface area contributed by atoms with Crippen molar-refractivity contribution in [2.45, 2.75) is 11.8 Å².